The zero-order chi connectivity index (χ0) is 23.5. The van der Waals surface area contributed by atoms with Crippen LogP contribution in [0.3, 0.4) is 0 Å². The molecule has 0 bridgehead atoms. The Morgan fingerprint density at radius 1 is 1.12 bits per heavy atom. The molecule has 1 aromatic carbocycles. The summed E-state index contributed by atoms with van der Waals surface area (Å²) in [6.07, 6.45) is -2.55. The van der Waals surface area contributed by atoms with E-state index in [0.29, 0.717) is 23.3 Å². The van der Waals surface area contributed by atoms with E-state index in [9.17, 15) is 22.8 Å². The summed E-state index contributed by atoms with van der Waals surface area (Å²) in [5.74, 6) is -0.418. The Bertz CT molecular complexity index is 1140. The molecule has 2 aromatic heterocycles. The lowest BCUT2D eigenvalue weighted by molar-refractivity contribution is -0.137. The molecular formula is C21H20F3N5O3. The van der Waals surface area contributed by atoms with E-state index in [1.807, 2.05) is 13.0 Å². The number of alkyl halides is 3. The highest BCUT2D eigenvalue weighted by Crippen LogP contribution is 2.29. The van der Waals surface area contributed by atoms with Gasteiger partial charge in [0.1, 0.15) is 5.75 Å². The Kier molecular flexibility index (Phi) is 6.47. The van der Waals surface area contributed by atoms with Gasteiger partial charge in [0, 0.05) is 6.20 Å². The summed E-state index contributed by atoms with van der Waals surface area (Å²) in [4.78, 5) is 28.5. The second-order valence-electron chi connectivity index (χ2n) is 6.89. The van der Waals surface area contributed by atoms with Crippen LogP contribution in [-0.2, 0) is 11.0 Å². The molecule has 0 saturated carbocycles. The normalized spacial score (nSPS) is 11.2. The van der Waals surface area contributed by atoms with Crippen LogP contribution in [-0.4, -0.2) is 40.2 Å². The zero-order valence-corrected chi connectivity index (χ0v) is 17.4. The number of nitrogens with zero attached hydrogens (tertiary/aromatic N) is 3. The molecule has 0 saturated heterocycles. The van der Waals surface area contributed by atoms with Crippen LogP contribution in [0.2, 0.25) is 0 Å². The standard InChI is InChI=1S/C21H20F3N5O3/c1-12-4-6-17(32-3)16(8-12)28-19(30)11-26-20(31)15-10-27-29(13(15)2)18-7-5-14(9-25-18)21(22,23)24/h4-10H,11H2,1-3H3,(H,26,31)(H,28,30). The lowest BCUT2D eigenvalue weighted by atomic mass is 10.2. The number of ether oxygens (including phenoxy) is 1. The predicted octanol–water partition coefficient (Wildman–Crippen LogP) is 3.28. The second-order valence-corrected chi connectivity index (χ2v) is 6.89. The quantitative estimate of drug-likeness (QED) is 0.605. The number of benzene rings is 1. The zero-order valence-electron chi connectivity index (χ0n) is 17.4. The molecule has 2 amide bonds. The van der Waals surface area contributed by atoms with Crippen LogP contribution in [0.1, 0.15) is 27.2 Å². The molecular weight excluding hydrogens is 427 g/mol. The van der Waals surface area contributed by atoms with Crippen molar-refractivity contribution < 1.29 is 27.5 Å². The van der Waals surface area contributed by atoms with Gasteiger partial charge in [-0.2, -0.15) is 18.3 Å². The fourth-order valence-electron chi connectivity index (χ4n) is 2.91. The van der Waals surface area contributed by atoms with Gasteiger partial charge in [-0.3, -0.25) is 9.59 Å². The fraction of sp³-hybridized carbons (Fsp3) is 0.238. The third kappa shape index (κ3) is 5.05. The Morgan fingerprint density at radius 2 is 1.88 bits per heavy atom. The van der Waals surface area contributed by atoms with Crippen molar-refractivity contribution in [3.8, 4) is 11.6 Å². The number of carbonyl (C=O) groups excluding carboxylic acids is 2. The van der Waals surface area contributed by atoms with Gasteiger partial charge in [0.2, 0.25) is 5.91 Å². The number of aryl methyl sites for hydroxylation is 1. The number of amides is 2. The molecule has 2 heterocycles. The maximum Gasteiger partial charge on any atom is 0.417 e. The van der Waals surface area contributed by atoms with Gasteiger partial charge in [-0.15, -0.1) is 0 Å². The Hall–Kier alpha value is -3.89. The monoisotopic (exact) mass is 447 g/mol. The highest BCUT2D eigenvalue weighted by Gasteiger charge is 2.30. The van der Waals surface area contributed by atoms with Gasteiger partial charge in [-0.05, 0) is 43.7 Å². The molecule has 0 spiro atoms. The van der Waals surface area contributed by atoms with Crippen LogP contribution in [0, 0.1) is 13.8 Å². The van der Waals surface area contributed by atoms with Crippen LogP contribution in [0.25, 0.3) is 5.82 Å². The summed E-state index contributed by atoms with van der Waals surface area (Å²) in [6, 6.07) is 7.34. The average molecular weight is 447 g/mol. The molecule has 0 aliphatic rings. The highest BCUT2D eigenvalue weighted by atomic mass is 19.4. The topological polar surface area (TPSA) is 98.1 Å². The van der Waals surface area contributed by atoms with Crippen LogP contribution >= 0.6 is 0 Å². The molecule has 0 unspecified atom stereocenters. The molecule has 8 nitrogen and oxygen atoms in total. The second kappa shape index (κ2) is 9.08. The van der Waals surface area contributed by atoms with E-state index < -0.39 is 23.6 Å². The summed E-state index contributed by atoms with van der Waals surface area (Å²) in [5.41, 5.74) is 1.03. The fourth-order valence-corrected chi connectivity index (χ4v) is 2.91. The number of nitrogens with one attached hydrogen (secondary N) is 2. The first-order valence-electron chi connectivity index (χ1n) is 9.41. The molecule has 0 aliphatic carbocycles. The first-order valence-corrected chi connectivity index (χ1v) is 9.41. The molecule has 3 aromatic rings. The third-order valence-corrected chi connectivity index (χ3v) is 4.59. The lowest BCUT2D eigenvalue weighted by Gasteiger charge is -2.11. The SMILES string of the molecule is COc1ccc(C)cc1NC(=O)CNC(=O)c1cnn(-c2ccc(C(F)(F)F)cn2)c1C. The number of anilines is 1. The van der Waals surface area contributed by atoms with E-state index >= 15 is 0 Å². The van der Waals surface area contributed by atoms with Gasteiger partial charge in [0.15, 0.2) is 5.82 Å². The van der Waals surface area contributed by atoms with Crippen LogP contribution in [0.15, 0.2) is 42.7 Å². The average Bonchev–Trinajstić information content (AvgIpc) is 3.13. The summed E-state index contributed by atoms with van der Waals surface area (Å²) in [7, 11) is 1.48. The number of pyridine rings is 1. The van der Waals surface area contributed by atoms with E-state index in [1.54, 1.807) is 19.1 Å². The minimum atomic E-state index is -4.50. The van der Waals surface area contributed by atoms with Gasteiger partial charge in [0.05, 0.1) is 42.4 Å². The smallest absolute Gasteiger partial charge is 0.417 e. The first-order chi connectivity index (χ1) is 15.1. The summed E-state index contributed by atoms with van der Waals surface area (Å²) in [5, 5.41) is 9.18. The van der Waals surface area contributed by atoms with Crippen LogP contribution in [0.5, 0.6) is 5.75 Å². The van der Waals surface area contributed by atoms with Crippen molar-refractivity contribution in [2.24, 2.45) is 0 Å². The van der Waals surface area contributed by atoms with Gasteiger partial charge in [-0.1, -0.05) is 6.07 Å². The van der Waals surface area contributed by atoms with Crippen molar-refractivity contribution >= 4 is 17.5 Å². The van der Waals surface area contributed by atoms with Crippen molar-refractivity contribution in [1.82, 2.24) is 20.1 Å². The molecule has 0 radical (unpaired) electrons. The number of carbonyl (C=O) groups is 2. The number of hydrogen-bond acceptors (Lipinski definition) is 5. The van der Waals surface area contributed by atoms with Crippen molar-refractivity contribution in [1.29, 1.82) is 0 Å². The summed E-state index contributed by atoms with van der Waals surface area (Å²) < 4.78 is 44.6. The number of halogens is 3. The number of aromatic nitrogens is 3. The van der Waals surface area contributed by atoms with Crippen LogP contribution < -0.4 is 15.4 Å². The number of methoxy groups -OCH3 is 1. The van der Waals surface area contributed by atoms with E-state index in [2.05, 4.69) is 20.7 Å². The Morgan fingerprint density at radius 3 is 2.50 bits per heavy atom. The Balaban J connectivity index is 1.66. The minimum absolute atomic E-state index is 0.124. The molecule has 0 atom stereocenters. The van der Waals surface area contributed by atoms with E-state index in [4.69, 9.17) is 4.74 Å². The molecule has 11 heteroatoms. The van der Waals surface area contributed by atoms with Gasteiger partial charge in [-0.25, -0.2) is 9.67 Å². The number of hydrogen-bond donors (Lipinski definition) is 2. The van der Waals surface area contributed by atoms with E-state index in [0.717, 1.165) is 17.7 Å². The van der Waals surface area contributed by atoms with E-state index in [-0.39, 0.29) is 17.9 Å². The van der Waals surface area contributed by atoms with Gasteiger partial charge in [0.25, 0.3) is 5.91 Å². The van der Waals surface area contributed by atoms with Gasteiger partial charge >= 0.3 is 6.18 Å². The van der Waals surface area contributed by atoms with Gasteiger partial charge < -0.3 is 15.4 Å². The Labute approximate surface area is 181 Å². The first kappa shape index (κ1) is 22.8. The highest BCUT2D eigenvalue weighted by molar-refractivity contribution is 6.00. The predicted molar refractivity (Wildman–Crippen MR) is 110 cm³/mol. The maximum atomic E-state index is 12.7. The van der Waals surface area contributed by atoms with Crippen molar-refractivity contribution in [3.63, 3.8) is 0 Å². The molecule has 0 fully saturated rings. The number of rotatable bonds is 6. The molecule has 32 heavy (non-hydrogen) atoms. The largest absolute Gasteiger partial charge is 0.495 e. The maximum absolute atomic E-state index is 12.7. The van der Waals surface area contributed by atoms with Crippen molar-refractivity contribution in [3.05, 3.63) is 65.1 Å². The minimum Gasteiger partial charge on any atom is -0.495 e. The summed E-state index contributed by atoms with van der Waals surface area (Å²) in [6.45, 7) is 3.13. The molecule has 0 aliphatic heterocycles. The van der Waals surface area contributed by atoms with Crippen LogP contribution in [0.4, 0.5) is 18.9 Å². The van der Waals surface area contributed by atoms with Crippen molar-refractivity contribution in [2.45, 2.75) is 20.0 Å². The molecule has 3 rings (SSSR count). The van der Waals surface area contributed by atoms with E-state index in [1.165, 1.54) is 18.0 Å². The lowest BCUT2D eigenvalue weighted by Crippen LogP contribution is -2.33. The molecule has 2 N–H and O–H groups in total. The third-order valence-electron chi connectivity index (χ3n) is 4.59. The molecule has 168 valence electrons. The van der Waals surface area contributed by atoms with Crippen molar-refractivity contribution in [2.75, 3.05) is 19.0 Å². The summed E-state index contributed by atoms with van der Waals surface area (Å²) >= 11 is 0.